The average molecular weight is 208 g/mol. The smallest absolute Gasteiger partial charge is 0.122 e. The molecule has 1 rings (SSSR count). The van der Waals surface area contributed by atoms with Crippen LogP contribution in [-0.4, -0.2) is 17.1 Å². The van der Waals surface area contributed by atoms with Gasteiger partial charge < -0.3 is 10.5 Å². The summed E-state index contributed by atoms with van der Waals surface area (Å²) in [6.07, 6.45) is 3.60. The van der Waals surface area contributed by atoms with Gasteiger partial charge in [0.05, 0.1) is 0 Å². The first-order chi connectivity index (χ1) is 7.09. The Balaban J connectivity index is 2.56. The third kappa shape index (κ3) is 3.51. The Bertz CT molecular complexity index is 308. The second-order valence-corrected chi connectivity index (χ2v) is 3.99. The van der Waals surface area contributed by atoms with Gasteiger partial charge in [0.1, 0.15) is 12.4 Å². The van der Waals surface area contributed by atoms with Crippen LogP contribution in [0.3, 0.4) is 0 Å². The molecule has 0 aromatic carbocycles. The lowest BCUT2D eigenvalue weighted by Crippen LogP contribution is -2.44. The minimum Gasteiger partial charge on any atom is -0.492 e. The van der Waals surface area contributed by atoms with Crippen molar-refractivity contribution in [2.24, 2.45) is 5.73 Å². The van der Waals surface area contributed by atoms with E-state index >= 15 is 0 Å². The standard InChI is InChI=1S/C12H20N2O/c1-4-12(13,5-2)9-15-11-6-7-14-10(3)8-11/h6-8H,4-5,9,13H2,1-3H3. The zero-order valence-corrected chi connectivity index (χ0v) is 9.79. The molecule has 0 spiro atoms. The van der Waals surface area contributed by atoms with Gasteiger partial charge >= 0.3 is 0 Å². The van der Waals surface area contributed by atoms with E-state index in [1.54, 1.807) is 6.20 Å². The van der Waals surface area contributed by atoms with Crippen molar-refractivity contribution in [2.45, 2.75) is 39.2 Å². The van der Waals surface area contributed by atoms with Gasteiger partial charge in [-0.05, 0) is 25.8 Å². The van der Waals surface area contributed by atoms with Crippen LogP contribution in [0.5, 0.6) is 5.75 Å². The van der Waals surface area contributed by atoms with Crippen LogP contribution in [0, 0.1) is 6.92 Å². The van der Waals surface area contributed by atoms with Gasteiger partial charge in [-0.15, -0.1) is 0 Å². The molecule has 0 radical (unpaired) electrons. The van der Waals surface area contributed by atoms with Gasteiger partial charge in [0.2, 0.25) is 0 Å². The molecule has 0 atom stereocenters. The molecule has 1 aromatic heterocycles. The van der Waals surface area contributed by atoms with Crippen molar-refractivity contribution in [2.75, 3.05) is 6.61 Å². The third-order valence-corrected chi connectivity index (χ3v) is 2.80. The van der Waals surface area contributed by atoms with Crippen LogP contribution in [0.25, 0.3) is 0 Å². The molecule has 0 aliphatic heterocycles. The van der Waals surface area contributed by atoms with Crippen LogP contribution in [0.15, 0.2) is 18.3 Å². The number of hydrogen-bond acceptors (Lipinski definition) is 3. The van der Waals surface area contributed by atoms with Gasteiger partial charge in [-0.25, -0.2) is 0 Å². The van der Waals surface area contributed by atoms with E-state index < -0.39 is 0 Å². The number of nitrogens with two attached hydrogens (primary N) is 1. The Morgan fingerprint density at radius 3 is 2.60 bits per heavy atom. The molecule has 0 unspecified atom stereocenters. The lowest BCUT2D eigenvalue weighted by atomic mass is 9.96. The maximum absolute atomic E-state index is 6.14. The molecule has 3 heteroatoms. The highest BCUT2D eigenvalue weighted by atomic mass is 16.5. The molecule has 0 bridgehead atoms. The zero-order valence-electron chi connectivity index (χ0n) is 9.79. The molecule has 0 saturated heterocycles. The van der Waals surface area contributed by atoms with Crippen molar-refractivity contribution in [3.8, 4) is 5.75 Å². The fourth-order valence-corrected chi connectivity index (χ4v) is 1.29. The summed E-state index contributed by atoms with van der Waals surface area (Å²) < 4.78 is 5.67. The third-order valence-electron chi connectivity index (χ3n) is 2.80. The molecular weight excluding hydrogens is 188 g/mol. The summed E-state index contributed by atoms with van der Waals surface area (Å²) in [5, 5.41) is 0. The molecular formula is C12H20N2O. The van der Waals surface area contributed by atoms with E-state index in [9.17, 15) is 0 Å². The molecule has 84 valence electrons. The van der Waals surface area contributed by atoms with E-state index in [1.807, 2.05) is 19.1 Å². The summed E-state index contributed by atoms with van der Waals surface area (Å²) in [5.74, 6) is 0.847. The molecule has 1 aromatic rings. The number of hydrogen-bond donors (Lipinski definition) is 1. The van der Waals surface area contributed by atoms with Crippen LogP contribution in [-0.2, 0) is 0 Å². The van der Waals surface area contributed by atoms with E-state index in [-0.39, 0.29) is 5.54 Å². The first kappa shape index (κ1) is 12.0. The fraction of sp³-hybridized carbons (Fsp3) is 0.583. The maximum atomic E-state index is 6.14. The first-order valence-corrected chi connectivity index (χ1v) is 5.44. The molecule has 0 aliphatic rings. The van der Waals surface area contributed by atoms with E-state index in [2.05, 4.69) is 18.8 Å². The molecule has 1 heterocycles. The summed E-state index contributed by atoms with van der Waals surface area (Å²) in [7, 11) is 0. The highest BCUT2D eigenvalue weighted by molar-refractivity contribution is 5.21. The Labute approximate surface area is 91.7 Å². The van der Waals surface area contributed by atoms with Crippen LogP contribution in [0.2, 0.25) is 0 Å². The van der Waals surface area contributed by atoms with Crippen LogP contribution >= 0.6 is 0 Å². The molecule has 2 N–H and O–H groups in total. The summed E-state index contributed by atoms with van der Waals surface area (Å²) in [6.45, 7) is 6.68. The van der Waals surface area contributed by atoms with Crippen LogP contribution in [0.1, 0.15) is 32.4 Å². The molecule has 3 nitrogen and oxygen atoms in total. The molecule has 0 aliphatic carbocycles. The average Bonchev–Trinajstić information content (AvgIpc) is 2.26. The predicted octanol–water partition coefficient (Wildman–Crippen LogP) is 2.29. The van der Waals surface area contributed by atoms with Gasteiger partial charge in [0.25, 0.3) is 0 Å². The minimum absolute atomic E-state index is 0.211. The topological polar surface area (TPSA) is 48.1 Å². The summed E-state index contributed by atoms with van der Waals surface area (Å²) in [5.41, 5.74) is 6.89. The SMILES string of the molecule is CCC(N)(CC)COc1ccnc(C)c1. The largest absolute Gasteiger partial charge is 0.492 e. The van der Waals surface area contributed by atoms with Crippen molar-refractivity contribution in [3.05, 3.63) is 24.0 Å². The van der Waals surface area contributed by atoms with Crippen molar-refractivity contribution in [1.82, 2.24) is 4.98 Å². The number of pyridine rings is 1. The first-order valence-electron chi connectivity index (χ1n) is 5.44. The Morgan fingerprint density at radius 1 is 1.40 bits per heavy atom. The van der Waals surface area contributed by atoms with Crippen LogP contribution in [0.4, 0.5) is 0 Å². The molecule has 0 saturated carbocycles. The number of aromatic nitrogens is 1. The molecule has 0 amide bonds. The number of aryl methyl sites for hydroxylation is 1. The second kappa shape index (κ2) is 5.12. The van der Waals surface area contributed by atoms with E-state index in [0.29, 0.717) is 6.61 Å². The van der Waals surface area contributed by atoms with Gasteiger partial charge in [0, 0.05) is 23.5 Å². The van der Waals surface area contributed by atoms with Crippen molar-refractivity contribution < 1.29 is 4.74 Å². The Morgan fingerprint density at radius 2 is 2.07 bits per heavy atom. The molecule has 15 heavy (non-hydrogen) atoms. The lowest BCUT2D eigenvalue weighted by Gasteiger charge is -2.26. The summed E-state index contributed by atoms with van der Waals surface area (Å²) >= 11 is 0. The number of nitrogens with zero attached hydrogens (tertiary/aromatic N) is 1. The number of rotatable bonds is 5. The quantitative estimate of drug-likeness (QED) is 0.807. The van der Waals surface area contributed by atoms with E-state index in [4.69, 9.17) is 10.5 Å². The van der Waals surface area contributed by atoms with Crippen LogP contribution < -0.4 is 10.5 Å². The predicted molar refractivity (Wildman–Crippen MR) is 62.0 cm³/mol. The monoisotopic (exact) mass is 208 g/mol. The normalized spacial score (nSPS) is 11.5. The van der Waals surface area contributed by atoms with Crippen molar-refractivity contribution >= 4 is 0 Å². The summed E-state index contributed by atoms with van der Waals surface area (Å²) in [6, 6.07) is 3.78. The minimum atomic E-state index is -0.211. The lowest BCUT2D eigenvalue weighted by molar-refractivity contribution is 0.207. The van der Waals surface area contributed by atoms with Gasteiger partial charge in [-0.3, -0.25) is 4.98 Å². The van der Waals surface area contributed by atoms with Gasteiger partial charge in [-0.2, -0.15) is 0 Å². The van der Waals surface area contributed by atoms with E-state index in [1.165, 1.54) is 0 Å². The van der Waals surface area contributed by atoms with Gasteiger partial charge in [-0.1, -0.05) is 13.8 Å². The van der Waals surface area contributed by atoms with Crippen molar-refractivity contribution in [1.29, 1.82) is 0 Å². The second-order valence-electron chi connectivity index (χ2n) is 3.99. The van der Waals surface area contributed by atoms with E-state index in [0.717, 1.165) is 24.3 Å². The highest BCUT2D eigenvalue weighted by Gasteiger charge is 2.20. The zero-order chi connectivity index (χ0) is 11.3. The molecule has 0 fully saturated rings. The fourth-order valence-electron chi connectivity index (χ4n) is 1.29. The van der Waals surface area contributed by atoms with Crippen molar-refractivity contribution in [3.63, 3.8) is 0 Å². The number of ether oxygens (including phenoxy) is 1. The van der Waals surface area contributed by atoms with Gasteiger partial charge in [0.15, 0.2) is 0 Å². The Kier molecular flexibility index (Phi) is 4.09. The maximum Gasteiger partial charge on any atom is 0.122 e. The Hall–Kier alpha value is -1.09. The summed E-state index contributed by atoms with van der Waals surface area (Å²) in [4.78, 5) is 4.11. The highest BCUT2D eigenvalue weighted by Crippen LogP contribution is 2.16.